The lowest BCUT2D eigenvalue weighted by atomic mass is 9.96. The maximum atomic E-state index is 12.9. The molecule has 0 saturated carbocycles. The van der Waals surface area contributed by atoms with Gasteiger partial charge in [-0.3, -0.25) is 9.78 Å². The molecule has 27 heavy (non-hydrogen) atoms. The summed E-state index contributed by atoms with van der Waals surface area (Å²) in [7, 11) is 1.59. The number of fused-ring (bicyclic) bond motifs is 1. The van der Waals surface area contributed by atoms with Crippen LogP contribution in [0.4, 0.5) is 5.69 Å². The minimum absolute atomic E-state index is 0.137. The lowest BCUT2D eigenvalue weighted by molar-refractivity contribution is -0.136. The highest BCUT2D eigenvalue weighted by Gasteiger charge is 2.32. The van der Waals surface area contributed by atoms with Crippen LogP contribution in [0.15, 0.2) is 30.5 Å². The number of unbranched alkanes of at least 4 members (excludes halogenated alkanes) is 2. The van der Waals surface area contributed by atoms with Crippen LogP contribution in [0.3, 0.4) is 0 Å². The first-order valence-corrected chi connectivity index (χ1v) is 9.78. The van der Waals surface area contributed by atoms with Gasteiger partial charge in [-0.15, -0.1) is 0 Å². The molecule has 1 atom stereocenters. The molecule has 0 fully saturated rings. The lowest BCUT2D eigenvalue weighted by Crippen LogP contribution is -2.42. The summed E-state index contributed by atoms with van der Waals surface area (Å²) in [5.74, 6) is 1.02. The molecular formula is C22H32N2O3. The molecular weight excluding hydrogens is 340 g/mol. The van der Waals surface area contributed by atoms with Crippen molar-refractivity contribution in [2.24, 2.45) is 5.92 Å². The van der Waals surface area contributed by atoms with E-state index in [9.17, 15) is 4.79 Å². The molecule has 1 N–H and O–H groups in total. The first-order chi connectivity index (χ1) is 12.9. The van der Waals surface area contributed by atoms with Crippen molar-refractivity contribution in [3.05, 3.63) is 30.5 Å². The Morgan fingerprint density at radius 1 is 1.26 bits per heavy atom. The van der Waals surface area contributed by atoms with Gasteiger partial charge in [0.2, 0.25) is 0 Å². The van der Waals surface area contributed by atoms with Crippen molar-refractivity contribution in [1.29, 1.82) is 0 Å². The van der Waals surface area contributed by atoms with Crippen LogP contribution in [0.1, 0.15) is 53.4 Å². The number of pyridine rings is 1. The summed E-state index contributed by atoms with van der Waals surface area (Å²) in [6.07, 6.45) is 5.57. The van der Waals surface area contributed by atoms with Crippen LogP contribution in [0.5, 0.6) is 5.75 Å². The molecule has 1 amide bonds. The van der Waals surface area contributed by atoms with Crippen LogP contribution in [0, 0.1) is 5.92 Å². The number of carbonyl (C=O) groups is 1. The molecule has 148 valence electrons. The van der Waals surface area contributed by atoms with E-state index < -0.39 is 5.60 Å². The number of nitrogens with zero attached hydrogens (tertiary/aromatic N) is 1. The Hall–Kier alpha value is -2.14. The fourth-order valence-corrected chi connectivity index (χ4v) is 2.90. The summed E-state index contributed by atoms with van der Waals surface area (Å²) in [5.41, 5.74) is 0.621. The van der Waals surface area contributed by atoms with Crippen molar-refractivity contribution in [3.63, 3.8) is 0 Å². The normalized spacial score (nSPS) is 13.6. The smallest absolute Gasteiger partial charge is 0.256 e. The summed E-state index contributed by atoms with van der Waals surface area (Å²) in [5, 5.41) is 3.90. The maximum Gasteiger partial charge on any atom is 0.256 e. The number of anilines is 1. The van der Waals surface area contributed by atoms with Gasteiger partial charge in [-0.1, -0.05) is 40.0 Å². The summed E-state index contributed by atoms with van der Waals surface area (Å²) >= 11 is 0. The number of aromatic nitrogens is 1. The van der Waals surface area contributed by atoms with E-state index in [1.165, 1.54) is 0 Å². The highest BCUT2D eigenvalue weighted by Crippen LogP contribution is 2.31. The minimum atomic E-state index is -0.851. The van der Waals surface area contributed by atoms with Crippen LogP contribution in [0.25, 0.3) is 10.9 Å². The second kappa shape index (κ2) is 9.70. The fourth-order valence-electron chi connectivity index (χ4n) is 2.90. The van der Waals surface area contributed by atoms with Crippen molar-refractivity contribution in [2.75, 3.05) is 19.0 Å². The van der Waals surface area contributed by atoms with Gasteiger partial charge in [0.1, 0.15) is 16.9 Å². The molecule has 0 unspecified atom stereocenters. The first-order valence-electron chi connectivity index (χ1n) is 9.78. The second-order valence-corrected chi connectivity index (χ2v) is 7.56. The van der Waals surface area contributed by atoms with Crippen LogP contribution in [0.2, 0.25) is 0 Å². The van der Waals surface area contributed by atoms with E-state index in [4.69, 9.17) is 9.47 Å². The summed E-state index contributed by atoms with van der Waals surface area (Å²) in [6.45, 7) is 8.82. The number of amides is 1. The number of ether oxygens (including phenoxy) is 2. The topological polar surface area (TPSA) is 60.5 Å². The van der Waals surface area contributed by atoms with Crippen LogP contribution in [-0.4, -0.2) is 30.2 Å². The Balaban J connectivity index is 2.25. The van der Waals surface area contributed by atoms with Gasteiger partial charge in [-0.25, -0.2) is 0 Å². The third kappa shape index (κ3) is 5.42. The SMILES string of the molecule is CCCCC[C@@](C)(OC)C(=O)Nc1ccc(OCC(C)C)c2ncccc12. The predicted octanol–water partition coefficient (Wildman–Crippen LogP) is 5.19. The molecule has 0 aliphatic rings. The van der Waals surface area contributed by atoms with Gasteiger partial charge in [-0.2, -0.15) is 0 Å². The molecule has 5 heteroatoms. The Morgan fingerprint density at radius 3 is 2.70 bits per heavy atom. The Kier molecular flexibility index (Phi) is 7.60. The Morgan fingerprint density at radius 2 is 2.04 bits per heavy atom. The molecule has 1 heterocycles. The van der Waals surface area contributed by atoms with E-state index >= 15 is 0 Å². The molecule has 0 aliphatic carbocycles. The predicted molar refractivity (Wildman–Crippen MR) is 110 cm³/mol. The summed E-state index contributed by atoms with van der Waals surface area (Å²) in [4.78, 5) is 17.4. The zero-order valence-corrected chi connectivity index (χ0v) is 17.2. The average molecular weight is 373 g/mol. The van der Waals surface area contributed by atoms with Gasteiger partial charge in [0, 0.05) is 18.7 Å². The largest absolute Gasteiger partial charge is 0.491 e. The minimum Gasteiger partial charge on any atom is -0.491 e. The van der Waals surface area contributed by atoms with Crippen molar-refractivity contribution in [3.8, 4) is 5.75 Å². The molecule has 2 aromatic rings. The standard InChI is InChI=1S/C22H32N2O3/c1-6-7-8-13-22(4,26-5)21(25)24-18-11-12-19(27-15-16(2)3)20-17(18)10-9-14-23-20/h9-12,14,16H,6-8,13,15H2,1-5H3,(H,24,25)/t22-/m1/s1. The quantitative estimate of drug-likeness (QED) is 0.583. The van der Waals surface area contributed by atoms with Crippen LogP contribution < -0.4 is 10.1 Å². The van der Waals surface area contributed by atoms with Gasteiger partial charge in [-0.05, 0) is 43.5 Å². The number of nitrogens with one attached hydrogen (secondary N) is 1. The van der Waals surface area contributed by atoms with Crippen molar-refractivity contribution in [2.45, 2.75) is 59.0 Å². The highest BCUT2D eigenvalue weighted by atomic mass is 16.5. The van der Waals surface area contributed by atoms with Gasteiger partial charge >= 0.3 is 0 Å². The third-order valence-corrected chi connectivity index (χ3v) is 4.74. The molecule has 2 rings (SSSR count). The van der Waals surface area contributed by atoms with Gasteiger partial charge in [0.05, 0.1) is 12.3 Å². The summed E-state index contributed by atoms with van der Waals surface area (Å²) < 4.78 is 11.5. The average Bonchev–Trinajstić information content (AvgIpc) is 2.67. The monoisotopic (exact) mass is 372 g/mol. The Bertz CT molecular complexity index is 760. The van der Waals surface area contributed by atoms with Gasteiger partial charge in [0.25, 0.3) is 5.91 Å². The van der Waals surface area contributed by atoms with E-state index in [1.54, 1.807) is 13.3 Å². The molecule has 0 spiro atoms. The maximum absolute atomic E-state index is 12.9. The first kappa shape index (κ1) is 21.2. The molecule has 5 nitrogen and oxygen atoms in total. The summed E-state index contributed by atoms with van der Waals surface area (Å²) in [6, 6.07) is 7.55. The van der Waals surface area contributed by atoms with Crippen molar-refractivity contribution >= 4 is 22.5 Å². The van der Waals surface area contributed by atoms with Crippen molar-refractivity contribution in [1.82, 2.24) is 4.98 Å². The fraction of sp³-hybridized carbons (Fsp3) is 0.545. The highest BCUT2D eigenvalue weighted by molar-refractivity contribution is 6.05. The molecule has 1 aromatic carbocycles. The number of benzene rings is 1. The van der Waals surface area contributed by atoms with E-state index in [0.29, 0.717) is 18.9 Å². The van der Waals surface area contributed by atoms with Crippen LogP contribution in [-0.2, 0) is 9.53 Å². The Labute approximate surface area is 162 Å². The van der Waals surface area contributed by atoms with Gasteiger partial charge in [0.15, 0.2) is 0 Å². The number of rotatable bonds is 10. The molecule has 0 aliphatic heterocycles. The number of hydrogen-bond acceptors (Lipinski definition) is 4. The second-order valence-electron chi connectivity index (χ2n) is 7.56. The van der Waals surface area contributed by atoms with E-state index in [-0.39, 0.29) is 5.91 Å². The molecule has 0 radical (unpaired) electrons. The number of carbonyl (C=O) groups excluding carboxylic acids is 1. The number of methoxy groups -OCH3 is 1. The molecule has 1 aromatic heterocycles. The lowest BCUT2D eigenvalue weighted by Gasteiger charge is -2.27. The zero-order valence-electron chi connectivity index (χ0n) is 17.2. The van der Waals surface area contributed by atoms with E-state index in [0.717, 1.165) is 41.6 Å². The van der Waals surface area contributed by atoms with E-state index in [1.807, 2.05) is 31.2 Å². The third-order valence-electron chi connectivity index (χ3n) is 4.74. The zero-order chi connectivity index (χ0) is 19.9. The molecule has 0 bridgehead atoms. The molecule has 0 saturated heterocycles. The van der Waals surface area contributed by atoms with E-state index in [2.05, 4.69) is 31.1 Å². The van der Waals surface area contributed by atoms with Crippen molar-refractivity contribution < 1.29 is 14.3 Å². The number of hydrogen-bond donors (Lipinski definition) is 1. The van der Waals surface area contributed by atoms with Gasteiger partial charge < -0.3 is 14.8 Å². The van der Waals surface area contributed by atoms with Crippen LogP contribution >= 0.6 is 0 Å².